The lowest BCUT2D eigenvalue weighted by molar-refractivity contribution is -0.119. The molecule has 0 aliphatic rings. The van der Waals surface area contributed by atoms with E-state index in [-0.39, 0.29) is 12.5 Å². The molecule has 0 fully saturated rings. The molecule has 0 spiro atoms. The molecule has 122 valence electrons. The van der Waals surface area contributed by atoms with E-state index < -0.39 is 0 Å². The highest BCUT2D eigenvalue weighted by molar-refractivity contribution is 5.81. The third-order valence-electron chi connectivity index (χ3n) is 3.78. The standard InChI is InChI=1S/C19H24N2O2/c1-14-6-4-7-15(2)19(14)21-13-18(22)20-11-10-16-8-5-9-17(12-16)23-3/h4-9,12,21H,10-11,13H2,1-3H3,(H,20,22). The van der Waals surface area contributed by atoms with E-state index in [9.17, 15) is 4.79 Å². The summed E-state index contributed by atoms with van der Waals surface area (Å²) in [7, 11) is 1.65. The molecule has 4 heteroatoms. The van der Waals surface area contributed by atoms with Crippen LogP contribution in [-0.2, 0) is 11.2 Å². The van der Waals surface area contributed by atoms with Gasteiger partial charge < -0.3 is 15.4 Å². The summed E-state index contributed by atoms with van der Waals surface area (Å²) in [5.74, 6) is 0.834. The van der Waals surface area contributed by atoms with E-state index in [1.54, 1.807) is 7.11 Å². The van der Waals surface area contributed by atoms with Gasteiger partial charge in [0.25, 0.3) is 0 Å². The van der Waals surface area contributed by atoms with Gasteiger partial charge in [0.15, 0.2) is 0 Å². The molecule has 0 aliphatic carbocycles. The smallest absolute Gasteiger partial charge is 0.239 e. The first-order valence-corrected chi connectivity index (χ1v) is 7.80. The molecule has 2 aromatic carbocycles. The third-order valence-corrected chi connectivity index (χ3v) is 3.78. The predicted octanol–water partition coefficient (Wildman–Crippen LogP) is 3.08. The zero-order chi connectivity index (χ0) is 16.7. The van der Waals surface area contributed by atoms with Crippen molar-refractivity contribution in [1.29, 1.82) is 0 Å². The zero-order valence-electron chi connectivity index (χ0n) is 14.0. The predicted molar refractivity (Wildman–Crippen MR) is 94.1 cm³/mol. The molecule has 2 rings (SSSR count). The first-order chi connectivity index (χ1) is 11.1. The summed E-state index contributed by atoms with van der Waals surface area (Å²) in [6, 6.07) is 14.0. The average molecular weight is 312 g/mol. The number of carbonyl (C=O) groups excluding carboxylic acids is 1. The Kier molecular flexibility index (Phi) is 6.03. The SMILES string of the molecule is COc1cccc(CCNC(=O)CNc2c(C)cccc2C)c1. The van der Waals surface area contributed by atoms with E-state index in [0.29, 0.717) is 6.54 Å². The van der Waals surface area contributed by atoms with Gasteiger partial charge in [0.05, 0.1) is 13.7 Å². The van der Waals surface area contributed by atoms with Crippen molar-refractivity contribution in [2.75, 3.05) is 25.5 Å². The molecular weight excluding hydrogens is 288 g/mol. The fourth-order valence-corrected chi connectivity index (χ4v) is 2.50. The number of ether oxygens (including phenoxy) is 1. The van der Waals surface area contributed by atoms with Crippen LogP contribution < -0.4 is 15.4 Å². The van der Waals surface area contributed by atoms with E-state index in [1.165, 1.54) is 0 Å². The molecule has 0 saturated heterocycles. The highest BCUT2D eigenvalue weighted by Gasteiger charge is 2.05. The first kappa shape index (κ1) is 16.9. The van der Waals surface area contributed by atoms with Gasteiger partial charge in [-0.3, -0.25) is 4.79 Å². The second-order valence-corrected chi connectivity index (χ2v) is 5.57. The maximum absolute atomic E-state index is 12.0. The number of nitrogens with one attached hydrogen (secondary N) is 2. The number of para-hydroxylation sites is 1. The normalized spacial score (nSPS) is 10.2. The van der Waals surface area contributed by atoms with Crippen LogP contribution in [0.5, 0.6) is 5.75 Å². The van der Waals surface area contributed by atoms with Gasteiger partial charge in [-0.15, -0.1) is 0 Å². The number of methoxy groups -OCH3 is 1. The average Bonchev–Trinajstić information content (AvgIpc) is 2.54. The summed E-state index contributed by atoms with van der Waals surface area (Å²) in [5.41, 5.74) is 4.48. The van der Waals surface area contributed by atoms with Gasteiger partial charge in [-0.1, -0.05) is 30.3 Å². The number of amides is 1. The number of benzene rings is 2. The minimum Gasteiger partial charge on any atom is -0.497 e. The fourth-order valence-electron chi connectivity index (χ4n) is 2.50. The Hall–Kier alpha value is -2.49. The second-order valence-electron chi connectivity index (χ2n) is 5.57. The molecule has 1 amide bonds. The Morgan fingerprint density at radius 1 is 1.09 bits per heavy atom. The van der Waals surface area contributed by atoms with Gasteiger partial charge in [0.2, 0.25) is 5.91 Å². The van der Waals surface area contributed by atoms with Gasteiger partial charge >= 0.3 is 0 Å². The summed E-state index contributed by atoms with van der Waals surface area (Å²) in [5, 5.41) is 6.15. The molecule has 4 nitrogen and oxygen atoms in total. The second kappa shape index (κ2) is 8.22. The summed E-state index contributed by atoms with van der Waals surface area (Å²) >= 11 is 0. The van der Waals surface area contributed by atoms with Crippen molar-refractivity contribution in [3.05, 3.63) is 59.2 Å². The van der Waals surface area contributed by atoms with Gasteiger partial charge in [0.1, 0.15) is 5.75 Å². The molecule has 23 heavy (non-hydrogen) atoms. The number of carbonyl (C=O) groups is 1. The molecule has 0 heterocycles. The van der Waals surface area contributed by atoms with Crippen LogP contribution in [0.25, 0.3) is 0 Å². The number of hydrogen-bond acceptors (Lipinski definition) is 3. The molecule has 0 bridgehead atoms. The van der Waals surface area contributed by atoms with E-state index in [2.05, 4.69) is 10.6 Å². The lowest BCUT2D eigenvalue weighted by atomic mass is 10.1. The maximum atomic E-state index is 12.0. The van der Waals surface area contributed by atoms with Gasteiger partial charge in [-0.2, -0.15) is 0 Å². The van der Waals surface area contributed by atoms with Crippen molar-refractivity contribution >= 4 is 11.6 Å². The Bertz CT molecular complexity index is 648. The van der Waals surface area contributed by atoms with Gasteiger partial charge in [0, 0.05) is 12.2 Å². The fraction of sp³-hybridized carbons (Fsp3) is 0.316. The van der Waals surface area contributed by atoms with Crippen LogP contribution in [-0.4, -0.2) is 26.1 Å². The van der Waals surface area contributed by atoms with Crippen LogP contribution in [0.3, 0.4) is 0 Å². The van der Waals surface area contributed by atoms with E-state index in [0.717, 1.165) is 34.5 Å². The van der Waals surface area contributed by atoms with Crippen molar-refractivity contribution in [1.82, 2.24) is 5.32 Å². The third kappa shape index (κ3) is 5.02. The Morgan fingerprint density at radius 2 is 1.78 bits per heavy atom. The topological polar surface area (TPSA) is 50.4 Å². The molecule has 0 aliphatic heterocycles. The number of aryl methyl sites for hydroxylation is 2. The molecular formula is C19H24N2O2. The Balaban J connectivity index is 1.77. The lowest BCUT2D eigenvalue weighted by Gasteiger charge is -2.12. The minimum absolute atomic E-state index is 0.00412. The van der Waals surface area contributed by atoms with Crippen LogP contribution in [0.4, 0.5) is 5.69 Å². The van der Waals surface area contributed by atoms with Gasteiger partial charge in [-0.25, -0.2) is 0 Å². The van der Waals surface area contributed by atoms with Crippen LogP contribution in [0.1, 0.15) is 16.7 Å². The molecule has 0 saturated carbocycles. The molecule has 0 radical (unpaired) electrons. The zero-order valence-corrected chi connectivity index (χ0v) is 14.0. The van der Waals surface area contributed by atoms with Gasteiger partial charge in [-0.05, 0) is 49.1 Å². The van der Waals surface area contributed by atoms with Crippen molar-refractivity contribution in [2.24, 2.45) is 0 Å². The van der Waals surface area contributed by atoms with Crippen LogP contribution in [0.2, 0.25) is 0 Å². The maximum Gasteiger partial charge on any atom is 0.239 e. The first-order valence-electron chi connectivity index (χ1n) is 7.80. The molecule has 0 atom stereocenters. The number of hydrogen-bond donors (Lipinski definition) is 2. The summed E-state index contributed by atoms with van der Waals surface area (Å²) in [6.07, 6.45) is 0.784. The van der Waals surface area contributed by atoms with Crippen molar-refractivity contribution in [3.63, 3.8) is 0 Å². The summed E-state index contributed by atoms with van der Waals surface area (Å²) in [4.78, 5) is 12.0. The lowest BCUT2D eigenvalue weighted by Crippen LogP contribution is -2.31. The van der Waals surface area contributed by atoms with E-state index >= 15 is 0 Å². The largest absolute Gasteiger partial charge is 0.497 e. The van der Waals surface area contributed by atoms with Crippen LogP contribution >= 0.6 is 0 Å². The molecule has 0 unspecified atom stereocenters. The van der Waals surface area contributed by atoms with E-state index in [4.69, 9.17) is 4.74 Å². The quantitative estimate of drug-likeness (QED) is 0.826. The highest BCUT2D eigenvalue weighted by Crippen LogP contribution is 2.18. The monoisotopic (exact) mass is 312 g/mol. The number of anilines is 1. The Labute approximate surface area is 137 Å². The Morgan fingerprint density at radius 3 is 2.48 bits per heavy atom. The molecule has 0 aromatic heterocycles. The van der Waals surface area contributed by atoms with Crippen LogP contribution in [0, 0.1) is 13.8 Å². The molecule has 2 N–H and O–H groups in total. The number of rotatable bonds is 7. The van der Waals surface area contributed by atoms with Crippen LogP contribution in [0.15, 0.2) is 42.5 Å². The van der Waals surface area contributed by atoms with Crippen molar-refractivity contribution in [2.45, 2.75) is 20.3 Å². The van der Waals surface area contributed by atoms with E-state index in [1.807, 2.05) is 56.3 Å². The summed E-state index contributed by atoms with van der Waals surface area (Å²) < 4.78 is 5.19. The van der Waals surface area contributed by atoms with Crippen molar-refractivity contribution in [3.8, 4) is 5.75 Å². The van der Waals surface area contributed by atoms with Crippen molar-refractivity contribution < 1.29 is 9.53 Å². The molecule has 2 aromatic rings. The minimum atomic E-state index is -0.00412. The highest BCUT2D eigenvalue weighted by atomic mass is 16.5. The summed E-state index contributed by atoms with van der Waals surface area (Å²) in [6.45, 7) is 4.97.